The van der Waals surface area contributed by atoms with Gasteiger partial charge in [-0.1, -0.05) is 36.4 Å². The fraction of sp³-hybridized carbons (Fsp3) is 0.394. The number of piperidine rings is 1. The molecule has 1 saturated heterocycles. The number of aliphatic hydroxyl groups is 1. The molecule has 1 unspecified atom stereocenters. The van der Waals surface area contributed by atoms with Gasteiger partial charge in [0.05, 0.1) is 11.0 Å². The Kier molecular flexibility index (Phi) is 8.82. The predicted molar refractivity (Wildman–Crippen MR) is 159 cm³/mol. The molecule has 0 bridgehead atoms. The Morgan fingerprint density at radius 1 is 0.975 bits per heavy atom. The van der Waals surface area contributed by atoms with E-state index < -0.39 is 0 Å². The van der Waals surface area contributed by atoms with E-state index in [9.17, 15) is 15.0 Å². The summed E-state index contributed by atoms with van der Waals surface area (Å²) in [6.07, 6.45) is 2.92. The number of amides is 1. The van der Waals surface area contributed by atoms with Crippen molar-refractivity contribution in [3.63, 3.8) is 0 Å². The summed E-state index contributed by atoms with van der Waals surface area (Å²) in [7, 11) is 0. The van der Waals surface area contributed by atoms with Crippen LogP contribution in [-0.2, 0) is 6.61 Å². The van der Waals surface area contributed by atoms with Gasteiger partial charge in [-0.3, -0.25) is 4.79 Å². The van der Waals surface area contributed by atoms with Crippen LogP contribution in [0.1, 0.15) is 72.4 Å². The van der Waals surface area contributed by atoms with E-state index in [1.165, 1.54) is 0 Å². The second-order valence-corrected chi connectivity index (χ2v) is 10.7. The standard InChI is InChI=1S/C33H40N4O3/c1-3-36(4-2)33(40)25-14-12-24(13-15-25)29(26-8-7-9-28(39)22-26)18-21-35-19-16-27(17-20-35)37-31-11-6-5-10-30(31)34-32(37)23-38/h5-15,22,27,29,38-39H,3-4,16-21,23H2,1-2H3. The molecule has 1 fully saturated rings. The highest BCUT2D eigenvalue weighted by Crippen LogP contribution is 2.33. The highest BCUT2D eigenvalue weighted by atomic mass is 16.3. The summed E-state index contributed by atoms with van der Waals surface area (Å²) in [4.78, 5) is 21.8. The minimum atomic E-state index is -0.0558. The van der Waals surface area contributed by atoms with Crippen molar-refractivity contribution in [1.29, 1.82) is 0 Å². The number of nitrogens with zero attached hydrogens (tertiary/aromatic N) is 4. The van der Waals surface area contributed by atoms with E-state index in [4.69, 9.17) is 0 Å². The third-order valence-corrected chi connectivity index (χ3v) is 8.35. The lowest BCUT2D eigenvalue weighted by molar-refractivity contribution is 0.0773. The highest BCUT2D eigenvalue weighted by molar-refractivity contribution is 5.94. The second-order valence-electron chi connectivity index (χ2n) is 10.7. The molecule has 7 nitrogen and oxygen atoms in total. The number of hydrogen-bond acceptors (Lipinski definition) is 5. The minimum absolute atomic E-state index is 0.0558. The van der Waals surface area contributed by atoms with Crippen LogP contribution in [0.5, 0.6) is 5.75 Å². The quantitative estimate of drug-likeness (QED) is 0.275. The van der Waals surface area contributed by atoms with Crippen molar-refractivity contribution in [2.24, 2.45) is 0 Å². The molecule has 5 rings (SSSR count). The fourth-order valence-electron chi connectivity index (χ4n) is 6.14. The average molecular weight is 541 g/mol. The molecule has 4 aromatic rings. The first-order valence-electron chi connectivity index (χ1n) is 14.5. The molecule has 40 heavy (non-hydrogen) atoms. The Balaban J connectivity index is 1.28. The first-order valence-corrected chi connectivity index (χ1v) is 14.5. The molecule has 0 radical (unpaired) electrons. The van der Waals surface area contributed by atoms with Gasteiger partial charge in [-0.05, 0) is 87.2 Å². The van der Waals surface area contributed by atoms with Gasteiger partial charge < -0.3 is 24.6 Å². The highest BCUT2D eigenvalue weighted by Gasteiger charge is 2.25. The van der Waals surface area contributed by atoms with E-state index in [0.29, 0.717) is 24.7 Å². The number of aromatic nitrogens is 2. The number of carbonyl (C=O) groups excluding carboxylic acids is 1. The number of imidazole rings is 1. The number of rotatable bonds is 10. The van der Waals surface area contributed by atoms with Gasteiger partial charge in [0.25, 0.3) is 5.91 Å². The molecule has 1 aromatic heterocycles. The number of phenolic OH excluding ortho intramolecular Hbond substituents is 1. The van der Waals surface area contributed by atoms with Crippen LogP contribution in [0, 0.1) is 0 Å². The smallest absolute Gasteiger partial charge is 0.253 e. The van der Waals surface area contributed by atoms with Crippen molar-refractivity contribution in [3.05, 3.63) is 95.3 Å². The van der Waals surface area contributed by atoms with E-state index in [1.807, 2.05) is 61.2 Å². The van der Waals surface area contributed by atoms with Crippen LogP contribution in [0.25, 0.3) is 11.0 Å². The van der Waals surface area contributed by atoms with Crippen molar-refractivity contribution in [2.75, 3.05) is 32.7 Å². The normalized spacial score (nSPS) is 15.4. The molecular weight excluding hydrogens is 500 g/mol. The molecule has 7 heteroatoms. The van der Waals surface area contributed by atoms with Gasteiger partial charge in [-0.2, -0.15) is 0 Å². The van der Waals surface area contributed by atoms with Gasteiger partial charge in [0, 0.05) is 43.7 Å². The zero-order valence-corrected chi connectivity index (χ0v) is 23.5. The molecule has 1 aliphatic heterocycles. The lowest BCUT2D eigenvalue weighted by Gasteiger charge is -2.34. The number of carbonyl (C=O) groups is 1. The predicted octanol–water partition coefficient (Wildman–Crippen LogP) is 5.58. The molecule has 2 N–H and O–H groups in total. The summed E-state index contributed by atoms with van der Waals surface area (Å²) in [5, 5.41) is 20.2. The van der Waals surface area contributed by atoms with Crippen molar-refractivity contribution >= 4 is 16.9 Å². The summed E-state index contributed by atoms with van der Waals surface area (Å²) in [6.45, 7) is 8.22. The third kappa shape index (κ3) is 5.91. The van der Waals surface area contributed by atoms with Gasteiger partial charge >= 0.3 is 0 Å². The molecule has 0 aliphatic carbocycles. The van der Waals surface area contributed by atoms with Crippen LogP contribution in [-0.4, -0.2) is 68.2 Å². The monoisotopic (exact) mass is 540 g/mol. The van der Waals surface area contributed by atoms with Crippen LogP contribution in [0.15, 0.2) is 72.8 Å². The lowest BCUT2D eigenvalue weighted by atomic mass is 9.87. The Labute approximate surface area is 236 Å². The van der Waals surface area contributed by atoms with E-state index in [2.05, 4.69) is 38.7 Å². The number of hydrogen-bond donors (Lipinski definition) is 2. The molecule has 1 atom stereocenters. The van der Waals surface area contributed by atoms with Crippen molar-refractivity contribution in [1.82, 2.24) is 19.4 Å². The number of likely N-dealkylation sites (tertiary alicyclic amines) is 1. The minimum Gasteiger partial charge on any atom is -0.508 e. The van der Waals surface area contributed by atoms with E-state index in [0.717, 1.165) is 66.9 Å². The zero-order chi connectivity index (χ0) is 28.1. The topological polar surface area (TPSA) is 81.8 Å². The van der Waals surface area contributed by atoms with Crippen molar-refractivity contribution in [2.45, 2.75) is 51.7 Å². The number of para-hydroxylation sites is 2. The number of fused-ring (bicyclic) bond motifs is 1. The van der Waals surface area contributed by atoms with Crippen molar-refractivity contribution in [3.8, 4) is 5.75 Å². The molecule has 210 valence electrons. The lowest BCUT2D eigenvalue weighted by Crippen LogP contribution is -2.36. The molecule has 1 aliphatic rings. The van der Waals surface area contributed by atoms with E-state index in [-0.39, 0.29) is 24.2 Å². The molecule has 0 spiro atoms. The Morgan fingerprint density at radius 2 is 1.70 bits per heavy atom. The maximum absolute atomic E-state index is 12.8. The average Bonchev–Trinajstić information content (AvgIpc) is 3.37. The molecular formula is C33H40N4O3. The second kappa shape index (κ2) is 12.7. The maximum atomic E-state index is 12.8. The summed E-state index contributed by atoms with van der Waals surface area (Å²) >= 11 is 0. The largest absolute Gasteiger partial charge is 0.508 e. The number of phenols is 1. The van der Waals surface area contributed by atoms with Gasteiger partial charge in [-0.15, -0.1) is 0 Å². The summed E-state index contributed by atoms with van der Waals surface area (Å²) in [5.41, 5.74) is 4.97. The van der Waals surface area contributed by atoms with Gasteiger partial charge in [0.2, 0.25) is 0 Å². The Hall–Kier alpha value is -3.68. The van der Waals surface area contributed by atoms with Gasteiger partial charge in [0.15, 0.2) is 0 Å². The van der Waals surface area contributed by atoms with Crippen LogP contribution in [0.3, 0.4) is 0 Å². The summed E-state index contributed by atoms with van der Waals surface area (Å²) in [5.74, 6) is 1.18. The Bertz CT molecular complexity index is 1420. The number of benzene rings is 3. The van der Waals surface area contributed by atoms with Crippen LogP contribution < -0.4 is 0 Å². The first-order chi connectivity index (χ1) is 19.5. The van der Waals surface area contributed by atoms with Gasteiger partial charge in [-0.25, -0.2) is 4.98 Å². The molecule has 2 heterocycles. The SMILES string of the molecule is CCN(CC)C(=O)c1ccc(C(CCN2CCC(n3c(CO)nc4ccccc43)CC2)c2cccc(O)c2)cc1. The van der Waals surface area contributed by atoms with Gasteiger partial charge in [0.1, 0.15) is 18.2 Å². The third-order valence-electron chi connectivity index (χ3n) is 8.35. The summed E-state index contributed by atoms with van der Waals surface area (Å²) in [6, 6.07) is 24.0. The summed E-state index contributed by atoms with van der Waals surface area (Å²) < 4.78 is 2.24. The fourth-order valence-corrected chi connectivity index (χ4v) is 6.14. The zero-order valence-electron chi connectivity index (χ0n) is 23.5. The number of aromatic hydroxyl groups is 1. The van der Waals surface area contributed by atoms with Crippen LogP contribution in [0.4, 0.5) is 0 Å². The van der Waals surface area contributed by atoms with Crippen LogP contribution in [0.2, 0.25) is 0 Å². The van der Waals surface area contributed by atoms with Crippen LogP contribution >= 0.6 is 0 Å². The van der Waals surface area contributed by atoms with E-state index in [1.54, 1.807) is 6.07 Å². The Morgan fingerprint density at radius 3 is 2.38 bits per heavy atom. The first kappa shape index (κ1) is 27.9. The van der Waals surface area contributed by atoms with E-state index >= 15 is 0 Å². The number of aliphatic hydroxyl groups excluding tert-OH is 1. The van der Waals surface area contributed by atoms with Crippen molar-refractivity contribution < 1.29 is 15.0 Å². The molecule has 3 aromatic carbocycles. The maximum Gasteiger partial charge on any atom is 0.253 e. The molecule has 1 amide bonds. The molecule has 0 saturated carbocycles.